The summed E-state index contributed by atoms with van der Waals surface area (Å²) >= 11 is 0. The molecule has 1 rings (SSSR count). The fraction of sp³-hybridized carbons (Fsp3) is 0.500. The Bertz CT molecular complexity index is 674. The van der Waals surface area contributed by atoms with Gasteiger partial charge in [0, 0.05) is 18.5 Å². The van der Waals surface area contributed by atoms with E-state index in [4.69, 9.17) is 5.73 Å². The smallest absolute Gasteiger partial charge is 0.320 e. The van der Waals surface area contributed by atoms with Gasteiger partial charge in [0.2, 0.25) is 5.91 Å². The number of esters is 1. The minimum atomic E-state index is -3.56. The van der Waals surface area contributed by atoms with E-state index in [9.17, 15) is 18.0 Å². The Labute approximate surface area is 154 Å². The number of benzene rings is 1. The highest BCUT2D eigenvalue weighted by Gasteiger charge is 2.18. The number of carbonyl (C=O) groups excluding carboxylic acids is 2. The highest BCUT2D eigenvalue weighted by molar-refractivity contribution is 7.91. The van der Waals surface area contributed by atoms with Crippen molar-refractivity contribution in [2.24, 2.45) is 11.7 Å². The van der Waals surface area contributed by atoms with Crippen molar-refractivity contribution in [2.45, 2.75) is 32.2 Å². The van der Waals surface area contributed by atoms with Crippen molar-refractivity contribution in [1.29, 1.82) is 0 Å². The molecule has 0 fully saturated rings. The molecule has 7 nitrogen and oxygen atoms in total. The van der Waals surface area contributed by atoms with E-state index in [1.807, 2.05) is 0 Å². The van der Waals surface area contributed by atoms with Crippen molar-refractivity contribution in [3.05, 3.63) is 35.4 Å². The predicted octanol–water partition coefficient (Wildman–Crippen LogP) is 0.796. The summed E-state index contributed by atoms with van der Waals surface area (Å²) in [5.41, 5.74) is 7.09. The van der Waals surface area contributed by atoms with Crippen molar-refractivity contribution in [2.75, 3.05) is 12.9 Å². The highest BCUT2D eigenvalue weighted by atomic mass is 35.5. The van der Waals surface area contributed by atoms with Crippen molar-refractivity contribution in [3.8, 4) is 0 Å². The van der Waals surface area contributed by atoms with E-state index in [0.717, 1.165) is 12.7 Å². The zero-order valence-electron chi connectivity index (χ0n) is 14.5. The van der Waals surface area contributed by atoms with E-state index in [-0.39, 0.29) is 36.0 Å². The lowest BCUT2D eigenvalue weighted by atomic mass is 10.0. The molecule has 2 unspecified atom stereocenters. The molecule has 0 saturated heterocycles. The monoisotopic (exact) mass is 392 g/mol. The summed E-state index contributed by atoms with van der Waals surface area (Å²) in [6.07, 6.45) is 0. The van der Waals surface area contributed by atoms with Crippen LogP contribution < -0.4 is 11.1 Å². The second-order valence-electron chi connectivity index (χ2n) is 5.79. The van der Waals surface area contributed by atoms with Gasteiger partial charge in [-0.2, -0.15) is 0 Å². The van der Waals surface area contributed by atoms with Crippen LogP contribution in [-0.4, -0.2) is 39.2 Å². The Balaban J connectivity index is 0.00000576. The molecule has 0 radical (unpaired) electrons. The topological polar surface area (TPSA) is 116 Å². The second kappa shape index (κ2) is 10.4. The van der Waals surface area contributed by atoms with Crippen LogP contribution in [0.15, 0.2) is 24.3 Å². The third-order valence-electron chi connectivity index (χ3n) is 3.64. The number of ether oxygens (including phenoxy) is 1. The minimum absolute atomic E-state index is 0. The molecule has 0 aliphatic carbocycles. The fourth-order valence-corrected chi connectivity index (χ4v) is 3.17. The Kier molecular flexibility index (Phi) is 9.69. The molecule has 0 aromatic heterocycles. The Morgan fingerprint density at radius 2 is 1.68 bits per heavy atom. The van der Waals surface area contributed by atoms with E-state index >= 15 is 0 Å². The van der Waals surface area contributed by atoms with Gasteiger partial charge in [-0.3, -0.25) is 9.59 Å². The van der Waals surface area contributed by atoms with Crippen molar-refractivity contribution in [1.82, 2.24) is 5.32 Å². The first kappa shape index (κ1) is 23.4. The molecule has 0 spiro atoms. The second-order valence-corrected chi connectivity index (χ2v) is 7.85. The van der Waals surface area contributed by atoms with Crippen LogP contribution in [0.4, 0.5) is 0 Å². The average molecular weight is 393 g/mol. The third-order valence-corrected chi connectivity index (χ3v) is 5.09. The molecule has 0 saturated carbocycles. The van der Waals surface area contributed by atoms with Gasteiger partial charge in [0.05, 0.1) is 12.9 Å². The lowest BCUT2D eigenvalue weighted by Crippen LogP contribution is -2.38. The van der Waals surface area contributed by atoms with E-state index in [1.54, 1.807) is 38.1 Å². The van der Waals surface area contributed by atoms with Gasteiger partial charge in [-0.25, -0.2) is 8.42 Å². The maximum absolute atomic E-state index is 11.8. The fourth-order valence-electron chi connectivity index (χ4n) is 1.89. The summed E-state index contributed by atoms with van der Waals surface area (Å²) in [4.78, 5) is 22.9. The molecule has 0 bridgehead atoms. The van der Waals surface area contributed by atoms with Crippen LogP contribution in [0.1, 0.15) is 25.0 Å². The molecule has 142 valence electrons. The van der Waals surface area contributed by atoms with Crippen LogP contribution in [0.2, 0.25) is 0 Å². The molecular formula is C16H25ClN2O5S. The molecule has 3 N–H and O–H groups in total. The van der Waals surface area contributed by atoms with Gasteiger partial charge in [0.1, 0.15) is 5.75 Å². The van der Waals surface area contributed by atoms with Crippen molar-refractivity contribution in [3.63, 3.8) is 0 Å². The van der Waals surface area contributed by atoms with Gasteiger partial charge >= 0.3 is 5.97 Å². The number of hydrogen-bond acceptors (Lipinski definition) is 6. The molecule has 0 aliphatic heterocycles. The molecule has 0 heterocycles. The van der Waals surface area contributed by atoms with E-state index in [1.165, 1.54) is 0 Å². The highest BCUT2D eigenvalue weighted by Crippen LogP contribution is 2.10. The van der Waals surface area contributed by atoms with Crippen LogP contribution in [0.3, 0.4) is 0 Å². The van der Waals surface area contributed by atoms with Gasteiger partial charge in [-0.05, 0) is 18.1 Å². The number of hydrogen-bond donors (Lipinski definition) is 2. The van der Waals surface area contributed by atoms with E-state index in [2.05, 4.69) is 10.1 Å². The minimum Gasteiger partial charge on any atom is -0.468 e. The first-order valence-electron chi connectivity index (χ1n) is 7.53. The number of methoxy groups -OCH3 is 1. The lowest BCUT2D eigenvalue weighted by molar-refractivity contribution is -0.137. The van der Waals surface area contributed by atoms with Gasteiger partial charge in [-0.1, -0.05) is 31.2 Å². The zero-order valence-corrected chi connectivity index (χ0v) is 16.2. The van der Waals surface area contributed by atoms with Crippen LogP contribution in [0.25, 0.3) is 0 Å². The summed E-state index contributed by atoms with van der Waals surface area (Å²) in [5, 5.41) is 2.78. The average Bonchev–Trinajstić information content (AvgIpc) is 2.52. The molecular weight excluding hydrogens is 368 g/mol. The van der Waals surface area contributed by atoms with Crippen LogP contribution >= 0.6 is 12.4 Å². The molecule has 1 aromatic carbocycles. The normalized spacial score (nSPS) is 13.3. The summed E-state index contributed by atoms with van der Waals surface area (Å²) in [6.45, 7) is 3.87. The summed E-state index contributed by atoms with van der Waals surface area (Å²) in [5.74, 6) is -2.08. The van der Waals surface area contributed by atoms with Gasteiger partial charge in [0.25, 0.3) is 0 Å². The number of amides is 1. The van der Waals surface area contributed by atoms with Gasteiger partial charge < -0.3 is 15.8 Å². The first-order chi connectivity index (χ1) is 11.1. The molecule has 1 amide bonds. The third kappa shape index (κ3) is 8.33. The number of sulfone groups is 1. The standard InChI is InChI=1S/C16H24N2O5S.ClH/c1-11(12(2)17)16(20)18-8-13-4-6-14(7-5-13)9-24(21,22)10-15(19)23-3;/h4-7,11-12H,8-10,17H2,1-3H3,(H,18,20);1H. The first-order valence-corrected chi connectivity index (χ1v) is 9.35. The zero-order chi connectivity index (χ0) is 18.3. The number of carbonyl (C=O) groups is 2. The van der Waals surface area contributed by atoms with Crippen molar-refractivity contribution >= 4 is 34.1 Å². The number of nitrogens with two attached hydrogens (primary N) is 1. The van der Waals surface area contributed by atoms with Crippen molar-refractivity contribution < 1.29 is 22.7 Å². The largest absolute Gasteiger partial charge is 0.468 e. The number of rotatable bonds is 8. The molecule has 0 aliphatic rings. The Hall–Kier alpha value is -1.64. The van der Waals surface area contributed by atoms with Crippen LogP contribution in [0, 0.1) is 5.92 Å². The maximum atomic E-state index is 11.8. The Morgan fingerprint density at radius 3 is 2.16 bits per heavy atom. The quantitative estimate of drug-likeness (QED) is 0.632. The summed E-state index contributed by atoms with van der Waals surface area (Å²) in [7, 11) is -2.42. The van der Waals surface area contributed by atoms with E-state index < -0.39 is 21.6 Å². The molecule has 1 aromatic rings. The molecule has 25 heavy (non-hydrogen) atoms. The molecule has 2 atom stereocenters. The van der Waals surface area contributed by atoms with E-state index in [0.29, 0.717) is 12.1 Å². The molecule has 9 heteroatoms. The maximum Gasteiger partial charge on any atom is 0.320 e. The number of nitrogens with one attached hydrogen (secondary N) is 1. The summed E-state index contributed by atoms with van der Waals surface area (Å²) in [6, 6.07) is 6.56. The Morgan fingerprint density at radius 1 is 1.16 bits per heavy atom. The van der Waals surface area contributed by atoms with Crippen LogP contribution in [-0.2, 0) is 36.5 Å². The van der Waals surface area contributed by atoms with Gasteiger partial charge in [-0.15, -0.1) is 12.4 Å². The predicted molar refractivity (Wildman–Crippen MR) is 97.9 cm³/mol. The van der Waals surface area contributed by atoms with Crippen LogP contribution in [0.5, 0.6) is 0 Å². The van der Waals surface area contributed by atoms with Gasteiger partial charge in [0.15, 0.2) is 9.84 Å². The lowest BCUT2D eigenvalue weighted by Gasteiger charge is -2.15. The summed E-state index contributed by atoms with van der Waals surface area (Å²) < 4.78 is 28.0. The number of halogens is 1. The SMILES string of the molecule is COC(=O)CS(=O)(=O)Cc1ccc(CNC(=O)C(C)C(C)N)cc1.Cl.